The van der Waals surface area contributed by atoms with Crippen molar-refractivity contribution in [2.75, 3.05) is 38.6 Å². The summed E-state index contributed by atoms with van der Waals surface area (Å²) in [7, 11) is 1.70. The lowest BCUT2D eigenvalue weighted by Crippen LogP contribution is -2.47. The summed E-state index contributed by atoms with van der Waals surface area (Å²) in [5, 5.41) is 2.86. The van der Waals surface area contributed by atoms with Crippen LogP contribution in [0.25, 0.3) is 0 Å². The third-order valence-corrected chi connectivity index (χ3v) is 4.98. The number of halogens is 1. The fraction of sp³-hybridized carbons (Fsp3) is 0.364. The predicted octanol–water partition coefficient (Wildman–Crippen LogP) is 3.61. The first-order valence-corrected chi connectivity index (χ1v) is 9.78. The van der Waals surface area contributed by atoms with Gasteiger partial charge >= 0.3 is 6.03 Å². The molecule has 0 bridgehead atoms. The number of amides is 3. The summed E-state index contributed by atoms with van der Waals surface area (Å²) in [4.78, 5) is 28.5. The highest BCUT2D eigenvalue weighted by molar-refractivity contribution is 5.90. The van der Waals surface area contributed by atoms with Crippen LogP contribution in [0, 0.1) is 11.7 Å². The number of hydrogen-bond acceptors (Lipinski definition) is 3. The second-order valence-corrected chi connectivity index (χ2v) is 7.12. The molecule has 1 N–H and O–H groups in total. The van der Waals surface area contributed by atoms with Gasteiger partial charge in [0.25, 0.3) is 0 Å². The number of benzene rings is 2. The highest BCUT2D eigenvalue weighted by Crippen LogP contribution is 2.20. The first-order valence-electron chi connectivity index (χ1n) is 9.78. The summed E-state index contributed by atoms with van der Waals surface area (Å²) < 4.78 is 19.0. The Balaban J connectivity index is 1.48. The highest BCUT2D eigenvalue weighted by Gasteiger charge is 2.30. The monoisotopic (exact) mass is 399 g/mol. The third-order valence-electron chi connectivity index (χ3n) is 4.98. The van der Waals surface area contributed by atoms with E-state index in [4.69, 9.17) is 4.74 Å². The molecule has 1 aliphatic heterocycles. The first-order chi connectivity index (χ1) is 14.0. The van der Waals surface area contributed by atoms with Gasteiger partial charge in [-0.1, -0.05) is 30.3 Å². The predicted molar refractivity (Wildman–Crippen MR) is 109 cm³/mol. The van der Waals surface area contributed by atoms with Crippen LogP contribution in [0.2, 0.25) is 0 Å². The normalized spacial score (nSPS) is 16.2. The summed E-state index contributed by atoms with van der Waals surface area (Å²) in [6.45, 7) is 1.56. The largest absolute Gasteiger partial charge is 0.489 e. The van der Waals surface area contributed by atoms with Crippen molar-refractivity contribution in [1.82, 2.24) is 9.80 Å². The molecule has 3 amide bonds. The van der Waals surface area contributed by atoms with E-state index < -0.39 is 5.82 Å². The number of para-hydroxylation sites is 2. The van der Waals surface area contributed by atoms with Crippen LogP contribution in [0.1, 0.15) is 12.8 Å². The number of piperidine rings is 1. The quantitative estimate of drug-likeness (QED) is 0.807. The molecule has 0 aromatic heterocycles. The molecular weight excluding hydrogens is 373 g/mol. The van der Waals surface area contributed by atoms with E-state index in [1.165, 1.54) is 6.07 Å². The standard InChI is InChI=1S/C22H26FN3O3/c1-25(14-15-29-20-12-6-5-11-19(20)23)21(27)17-8-7-13-26(16-17)22(28)24-18-9-3-2-4-10-18/h2-6,9-12,17H,7-8,13-16H2,1H3,(H,24,28). The number of rotatable bonds is 6. The number of carbonyl (C=O) groups excluding carboxylic acids is 2. The van der Waals surface area contributed by atoms with E-state index in [-0.39, 0.29) is 30.2 Å². The van der Waals surface area contributed by atoms with Crippen molar-refractivity contribution in [3.05, 3.63) is 60.4 Å². The summed E-state index contributed by atoms with van der Waals surface area (Å²) in [5.74, 6) is -0.522. The molecule has 3 rings (SSSR count). The minimum Gasteiger partial charge on any atom is -0.489 e. The fourth-order valence-corrected chi connectivity index (χ4v) is 3.36. The lowest BCUT2D eigenvalue weighted by molar-refractivity contribution is -0.135. The van der Waals surface area contributed by atoms with Crippen LogP contribution < -0.4 is 10.1 Å². The van der Waals surface area contributed by atoms with Gasteiger partial charge in [-0.15, -0.1) is 0 Å². The Morgan fingerprint density at radius 2 is 1.90 bits per heavy atom. The summed E-state index contributed by atoms with van der Waals surface area (Å²) in [5.41, 5.74) is 0.730. The van der Waals surface area contributed by atoms with Crippen molar-refractivity contribution in [3.63, 3.8) is 0 Å². The molecule has 1 saturated heterocycles. The summed E-state index contributed by atoms with van der Waals surface area (Å²) >= 11 is 0. The molecule has 0 spiro atoms. The third kappa shape index (κ3) is 5.70. The average molecular weight is 399 g/mol. The zero-order chi connectivity index (χ0) is 20.6. The Labute approximate surface area is 170 Å². The molecule has 154 valence electrons. The molecule has 0 radical (unpaired) electrons. The van der Waals surface area contributed by atoms with E-state index in [1.54, 1.807) is 35.0 Å². The molecular formula is C22H26FN3O3. The van der Waals surface area contributed by atoms with Crippen LogP contribution in [0.5, 0.6) is 5.75 Å². The van der Waals surface area contributed by atoms with Crippen molar-refractivity contribution in [2.24, 2.45) is 5.92 Å². The van der Waals surface area contributed by atoms with E-state index in [2.05, 4.69) is 5.32 Å². The molecule has 7 heteroatoms. The number of ether oxygens (including phenoxy) is 1. The molecule has 1 heterocycles. The molecule has 29 heavy (non-hydrogen) atoms. The molecule has 2 aromatic rings. The van der Waals surface area contributed by atoms with E-state index in [9.17, 15) is 14.0 Å². The molecule has 2 aromatic carbocycles. The Hall–Kier alpha value is -3.09. The maximum Gasteiger partial charge on any atom is 0.321 e. The number of likely N-dealkylation sites (tertiary alicyclic amines) is 1. The molecule has 1 unspecified atom stereocenters. The van der Waals surface area contributed by atoms with E-state index in [0.717, 1.165) is 18.5 Å². The zero-order valence-corrected chi connectivity index (χ0v) is 16.5. The Bertz CT molecular complexity index is 831. The minimum absolute atomic E-state index is 0.0284. The van der Waals surface area contributed by atoms with E-state index >= 15 is 0 Å². The summed E-state index contributed by atoms with van der Waals surface area (Å²) in [6, 6.07) is 15.2. The zero-order valence-electron chi connectivity index (χ0n) is 16.5. The number of carbonyl (C=O) groups is 2. The van der Waals surface area contributed by atoms with Crippen LogP contribution in [-0.2, 0) is 4.79 Å². The maximum absolute atomic E-state index is 13.6. The lowest BCUT2D eigenvalue weighted by Gasteiger charge is -2.34. The Morgan fingerprint density at radius 1 is 1.17 bits per heavy atom. The van der Waals surface area contributed by atoms with Crippen LogP contribution in [-0.4, -0.2) is 55.0 Å². The van der Waals surface area contributed by atoms with Gasteiger partial charge in [-0.3, -0.25) is 4.79 Å². The second-order valence-electron chi connectivity index (χ2n) is 7.12. The van der Waals surface area contributed by atoms with Crippen LogP contribution in [0.3, 0.4) is 0 Å². The molecule has 1 atom stereocenters. The van der Waals surface area contributed by atoms with Crippen molar-refractivity contribution in [3.8, 4) is 5.75 Å². The van der Waals surface area contributed by atoms with Crippen molar-refractivity contribution >= 4 is 17.6 Å². The first kappa shape index (κ1) is 20.6. The number of hydrogen-bond donors (Lipinski definition) is 1. The van der Waals surface area contributed by atoms with Gasteiger partial charge in [-0.25, -0.2) is 9.18 Å². The minimum atomic E-state index is -0.422. The fourth-order valence-electron chi connectivity index (χ4n) is 3.36. The van der Waals surface area contributed by atoms with Crippen LogP contribution in [0.4, 0.5) is 14.9 Å². The van der Waals surface area contributed by atoms with Gasteiger partial charge in [0.1, 0.15) is 6.61 Å². The molecule has 0 saturated carbocycles. The number of nitrogens with zero attached hydrogens (tertiary/aromatic N) is 2. The van der Waals surface area contributed by atoms with Gasteiger partial charge in [0.2, 0.25) is 5.91 Å². The number of nitrogens with one attached hydrogen (secondary N) is 1. The van der Waals surface area contributed by atoms with Gasteiger partial charge in [0.05, 0.1) is 12.5 Å². The topological polar surface area (TPSA) is 61.9 Å². The Kier molecular flexibility index (Phi) is 7.05. The average Bonchev–Trinajstić information content (AvgIpc) is 2.75. The van der Waals surface area contributed by atoms with Gasteiger partial charge < -0.3 is 19.9 Å². The molecule has 0 aliphatic carbocycles. The van der Waals surface area contributed by atoms with Gasteiger partial charge in [0, 0.05) is 25.8 Å². The van der Waals surface area contributed by atoms with Crippen molar-refractivity contribution in [1.29, 1.82) is 0 Å². The molecule has 1 fully saturated rings. The number of anilines is 1. The van der Waals surface area contributed by atoms with Crippen LogP contribution >= 0.6 is 0 Å². The van der Waals surface area contributed by atoms with E-state index in [1.807, 2.05) is 30.3 Å². The van der Waals surface area contributed by atoms with Crippen molar-refractivity contribution < 1.29 is 18.7 Å². The number of urea groups is 1. The molecule has 1 aliphatic rings. The lowest BCUT2D eigenvalue weighted by atomic mass is 9.97. The van der Waals surface area contributed by atoms with Crippen molar-refractivity contribution in [2.45, 2.75) is 12.8 Å². The summed E-state index contributed by atoms with van der Waals surface area (Å²) in [6.07, 6.45) is 1.52. The molecule has 6 nitrogen and oxygen atoms in total. The smallest absolute Gasteiger partial charge is 0.321 e. The Morgan fingerprint density at radius 3 is 2.66 bits per heavy atom. The van der Waals surface area contributed by atoms with Gasteiger partial charge in [-0.2, -0.15) is 0 Å². The SMILES string of the molecule is CN(CCOc1ccccc1F)C(=O)C1CCCN(C(=O)Nc2ccccc2)C1. The van der Waals surface area contributed by atoms with Gasteiger partial charge in [-0.05, 0) is 37.1 Å². The second kappa shape index (κ2) is 9.91. The maximum atomic E-state index is 13.6. The van der Waals surface area contributed by atoms with Gasteiger partial charge in [0.15, 0.2) is 11.6 Å². The van der Waals surface area contributed by atoms with Crippen LogP contribution in [0.15, 0.2) is 54.6 Å². The van der Waals surface area contributed by atoms with E-state index in [0.29, 0.717) is 19.6 Å². The highest BCUT2D eigenvalue weighted by atomic mass is 19.1. The number of likely N-dealkylation sites (N-methyl/N-ethyl adjacent to an activating group) is 1.